The van der Waals surface area contributed by atoms with Crippen LogP contribution in [-0.2, 0) is 6.67 Å². The van der Waals surface area contributed by atoms with Gasteiger partial charge in [-0.1, -0.05) is 36.4 Å². The Morgan fingerprint density at radius 2 is 1.85 bits per heavy atom. The molecule has 7 heteroatoms. The fraction of sp³-hybridized carbons (Fsp3) is 0.150. The molecule has 4 rings (SSSR count). The maximum atomic E-state index is 12.6. The molecule has 0 atom stereocenters. The van der Waals surface area contributed by atoms with Crippen molar-refractivity contribution in [2.75, 3.05) is 5.32 Å². The van der Waals surface area contributed by atoms with Gasteiger partial charge < -0.3 is 5.32 Å². The summed E-state index contributed by atoms with van der Waals surface area (Å²) in [6.07, 6.45) is 1.78. The van der Waals surface area contributed by atoms with E-state index in [4.69, 9.17) is 0 Å². The average Bonchev–Trinajstić information content (AvgIpc) is 3.23. The van der Waals surface area contributed by atoms with Crippen molar-refractivity contribution in [2.24, 2.45) is 0 Å². The van der Waals surface area contributed by atoms with Crippen molar-refractivity contribution in [1.29, 1.82) is 0 Å². The molecule has 0 bridgehead atoms. The number of carbonyl (C=O) groups is 1. The number of rotatable bonds is 4. The van der Waals surface area contributed by atoms with Gasteiger partial charge in [0.1, 0.15) is 6.67 Å². The molecule has 4 aromatic rings. The van der Waals surface area contributed by atoms with E-state index in [-0.39, 0.29) is 5.91 Å². The summed E-state index contributed by atoms with van der Waals surface area (Å²) in [7, 11) is 0. The zero-order chi connectivity index (χ0) is 19.0. The second-order valence-electron chi connectivity index (χ2n) is 6.35. The number of aryl methyl sites for hydroxylation is 1. The third-order valence-corrected chi connectivity index (χ3v) is 5.63. The molecule has 27 heavy (non-hydrogen) atoms. The fourth-order valence-electron chi connectivity index (χ4n) is 3.03. The summed E-state index contributed by atoms with van der Waals surface area (Å²) in [4.78, 5) is 12.6. The molecule has 1 N–H and O–H groups in total. The summed E-state index contributed by atoms with van der Waals surface area (Å²) in [5.74, 6) is -0.236. The second-order valence-corrected chi connectivity index (χ2v) is 7.14. The number of hydrogen-bond donors (Lipinski definition) is 1. The molecule has 1 amide bonds. The predicted octanol–water partition coefficient (Wildman–Crippen LogP) is 4.37. The molecule has 0 aliphatic heterocycles. The van der Waals surface area contributed by atoms with Gasteiger partial charge in [0.05, 0.1) is 15.9 Å². The van der Waals surface area contributed by atoms with Crippen LogP contribution in [0.4, 0.5) is 5.69 Å². The van der Waals surface area contributed by atoms with Gasteiger partial charge in [0.25, 0.3) is 5.91 Å². The molecular formula is C20H18BrN5O. The van der Waals surface area contributed by atoms with E-state index in [2.05, 4.69) is 31.4 Å². The topological polar surface area (TPSA) is 64.7 Å². The standard InChI is InChI=1S/C20H18BrN5O/c1-13-19(21)14(2)26(23-13)12-25-11-10-18(24-25)20(27)22-17-9-5-7-15-6-3-4-8-16(15)17/h3-11H,12H2,1-2H3,(H,22,27). The Balaban J connectivity index is 1.54. The maximum Gasteiger partial charge on any atom is 0.276 e. The molecule has 0 fully saturated rings. The third kappa shape index (κ3) is 3.38. The highest BCUT2D eigenvalue weighted by molar-refractivity contribution is 9.10. The Morgan fingerprint density at radius 3 is 2.63 bits per heavy atom. The first kappa shape index (κ1) is 17.5. The Kier molecular flexibility index (Phi) is 4.53. The highest BCUT2D eigenvalue weighted by atomic mass is 79.9. The molecular weight excluding hydrogens is 406 g/mol. The number of benzene rings is 2. The van der Waals surface area contributed by atoms with E-state index >= 15 is 0 Å². The van der Waals surface area contributed by atoms with Crippen LogP contribution in [0, 0.1) is 13.8 Å². The van der Waals surface area contributed by atoms with E-state index in [1.165, 1.54) is 0 Å². The van der Waals surface area contributed by atoms with Gasteiger partial charge in [-0.05, 0) is 47.3 Å². The summed E-state index contributed by atoms with van der Waals surface area (Å²) in [5.41, 5.74) is 3.08. The Labute approximate surface area is 164 Å². The quantitative estimate of drug-likeness (QED) is 0.529. The lowest BCUT2D eigenvalue weighted by atomic mass is 10.1. The number of hydrogen-bond acceptors (Lipinski definition) is 3. The number of nitrogens with zero attached hydrogens (tertiary/aromatic N) is 4. The van der Waals surface area contributed by atoms with E-state index in [0.29, 0.717) is 12.4 Å². The fourth-order valence-corrected chi connectivity index (χ4v) is 3.32. The molecule has 2 heterocycles. The Hall–Kier alpha value is -2.93. The molecule has 0 unspecified atom stereocenters. The number of aromatic nitrogens is 4. The molecule has 6 nitrogen and oxygen atoms in total. The van der Waals surface area contributed by atoms with E-state index in [9.17, 15) is 4.79 Å². The van der Waals surface area contributed by atoms with Crippen LogP contribution in [0.3, 0.4) is 0 Å². The highest BCUT2D eigenvalue weighted by Gasteiger charge is 2.13. The lowest BCUT2D eigenvalue weighted by molar-refractivity contribution is 0.102. The number of carbonyl (C=O) groups excluding carboxylic acids is 1. The summed E-state index contributed by atoms with van der Waals surface area (Å²) in [6.45, 7) is 4.38. The van der Waals surface area contributed by atoms with Gasteiger partial charge >= 0.3 is 0 Å². The normalized spacial score (nSPS) is 11.1. The van der Waals surface area contributed by atoms with Crippen molar-refractivity contribution in [3.63, 3.8) is 0 Å². The van der Waals surface area contributed by atoms with Crippen molar-refractivity contribution in [3.05, 3.63) is 76.3 Å². The van der Waals surface area contributed by atoms with Gasteiger partial charge in [0, 0.05) is 17.3 Å². The van der Waals surface area contributed by atoms with E-state index < -0.39 is 0 Å². The van der Waals surface area contributed by atoms with Crippen LogP contribution in [-0.4, -0.2) is 25.5 Å². The smallest absolute Gasteiger partial charge is 0.276 e. The summed E-state index contributed by atoms with van der Waals surface area (Å²) in [6, 6.07) is 15.5. The number of nitrogens with one attached hydrogen (secondary N) is 1. The van der Waals surface area contributed by atoms with Crippen molar-refractivity contribution in [2.45, 2.75) is 20.5 Å². The van der Waals surface area contributed by atoms with Crippen molar-refractivity contribution in [1.82, 2.24) is 19.6 Å². The molecule has 0 saturated carbocycles. The zero-order valence-corrected chi connectivity index (χ0v) is 16.6. The van der Waals surface area contributed by atoms with Crippen molar-refractivity contribution >= 4 is 38.3 Å². The van der Waals surface area contributed by atoms with Crippen molar-refractivity contribution < 1.29 is 4.79 Å². The van der Waals surface area contributed by atoms with Gasteiger partial charge in [-0.3, -0.25) is 9.48 Å². The van der Waals surface area contributed by atoms with E-state index in [1.54, 1.807) is 16.9 Å². The summed E-state index contributed by atoms with van der Waals surface area (Å²) >= 11 is 3.52. The molecule has 0 spiro atoms. The summed E-state index contributed by atoms with van der Waals surface area (Å²) < 4.78 is 4.53. The van der Waals surface area contributed by atoms with Crippen LogP contribution in [0.1, 0.15) is 21.9 Å². The molecule has 0 saturated heterocycles. The Bertz CT molecular complexity index is 1140. The minimum atomic E-state index is -0.236. The first-order chi connectivity index (χ1) is 13.0. The van der Waals surface area contributed by atoms with Gasteiger partial charge in [0.2, 0.25) is 0 Å². The van der Waals surface area contributed by atoms with Crippen molar-refractivity contribution in [3.8, 4) is 0 Å². The minimum absolute atomic E-state index is 0.236. The van der Waals surface area contributed by atoms with E-state index in [1.807, 2.05) is 61.0 Å². The predicted molar refractivity (Wildman–Crippen MR) is 109 cm³/mol. The van der Waals surface area contributed by atoms with Gasteiger partial charge in [-0.2, -0.15) is 10.2 Å². The van der Waals surface area contributed by atoms with Crippen LogP contribution in [0.15, 0.2) is 59.2 Å². The molecule has 2 aromatic heterocycles. The van der Waals surface area contributed by atoms with E-state index in [0.717, 1.165) is 32.3 Å². The van der Waals surface area contributed by atoms with Crippen LogP contribution < -0.4 is 5.32 Å². The van der Waals surface area contributed by atoms with Crippen LogP contribution >= 0.6 is 15.9 Å². The highest BCUT2D eigenvalue weighted by Crippen LogP contribution is 2.23. The Morgan fingerprint density at radius 1 is 1.07 bits per heavy atom. The second kappa shape index (κ2) is 7.00. The SMILES string of the molecule is Cc1nn(Cn2ccc(C(=O)Nc3cccc4ccccc34)n2)c(C)c1Br. The third-order valence-electron chi connectivity index (χ3n) is 4.48. The molecule has 2 aromatic carbocycles. The summed E-state index contributed by atoms with van der Waals surface area (Å²) in [5, 5.41) is 13.9. The maximum absolute atomic E-state index is 12.6. The molecule has 0 aliphatic rings. The monoisotopic (exact) mass is 423 g/mol. The first-order valence-corrected chi connectivity index (χ1v) is 9.34. The number of fused-ring (bicyclic) bond motifs is 1. The molecule has 136 valence electrons. The van der Waals surface area contributed by atoms with Crippen LogP contribution in [0.25, 0.3) is 10.8 Å². The number of halogens is 1. The van der Waals surface area contributed by atoms with Gasteiger partial charge in [-0.25, -0.2) is 4.68 Å². The van der Waals surface area contributed by atoms with Crippen LogP contribution in [0.2, 0.25) is 0 Å². The largest absolute Gasteiger partial charge is 0.320 e. The van der Waals surface area contributed by atoms with Crippen LogP contribution in [0.5, 0.6) is 0 Å². The van der Waals surface area contributed by atoms with Gasteiger partial charge in [-0.15, -0.1) is 0 Å². The van der Waals surface area contributed by atoms with Gasteiger partial charge in [0.15, 0.2) is 5.69 Å². The zero-order valence-electron chi connectivity index (χ0n) is 15.0. The minimum Gasteiger partial charge on any atom is -0.320 e. The molecule has 0 radical (unpaired) electrons. The average molecular weight is 424 g/mol. The first-order valence-electron chi connectivity index (χ1n) is 8.55. The lowest BCUT2D eigenvalue weighted by Gasteiger charge is -2.07. The molecule has 0 aliphatic carbocycles. The number of anilines is 1. The number of amides is 1. The lowest BCUT2D eigenvalue weighted by Crippen LogP contribution is -2.15.